The average Bonchev–Trinajstić information content (AvgIpc) is 1.65. The molecule has 2 atom stereocenters. The fourth-order valence-electron chi connectivity index (χ4n) is 0.914. The van der Waals surface area contributed by atoms with Crippen LogP contribution in [0.3, 0.4) is 0 Å². The van der Waals surface area contributed by atoms with E-state index in [1.54, 1.807) is 0 Å². The standard InChI is InChI=1S/C7H10/c1-3-7-5-4-6(7)2/h1,6-7H,4-5H2,2H3. The summed E-state index contributed by atoms with van der Waals surface area (Å²) in [6.07, 6.45) is 7.78. The van der Waals surface area contributed by atoms with Gasteiger partial charge in [-0.2, -0.15) is 0 Å². The summed E-state index contributed by atoms with van der Waals surface area (Å²) in [5, 5.41) is 0. The minimum atomic E-state index is 0.611. The molecule has 7 heavy (non-hydrogen) atoms. The maximum Gasteiger partial charge on any atom is 0.0225 e. The first-order valence-corrected chi connectivity index (χ1v) is 2.80. The topological polar surface area (TPSA) is 0 Å². The van der Waals surface area contributed by atoms with E-state index in [1.807, 2.05) is 0 Å². The van der Waals surface area contributed by atoms with E-state index in [9.17, 15) is 0 Å². The maximum absolute atomic E-state index is 5.17. The van der Waals surface area contributed by atoms with Crippen LogP contribution in [0.4, 0.5) is 0 Å². The van der Waals surface area contributed by atoms with Crippen molar-refractivity contribution in [2.45, 2.75) is 19.8 Å². The molecule has 0 aromatic carbocycles. The van der Waals surface area contributed by atoms with Gasteiger partial charge in [-0.15, -0.1) is 12.3 Å². The Morgan fingerprint density at radius 2 is 2.29 bits per heavy atom. The molecule has 0 aromatic rings. The molecule has 2 unspecified atom stereocenters. The lowest BCUT2D eigenvalue weighted by molar-refractivity contribution is 0.262. The molecule has 0 radical (unpaired) electrons. The molecule has 0 aliphatic heterocycles. The molecule has 0 heterocycles. The van der Waals surface area contributed by atoms with Crippen molar-refractivity contribution < 1.29 is 0 Å². The highest BCUT2D eigenvalue weighted by Crippen LogP contribution is 2.32. The highest BCUT2D eigenvalue weighted by molar-refractivity contribution is 5.00. The molecule has 0 N–H and O–H groups in total. The Morgan fingerprint density at radius 3 is 2.29 bits per heavy atom. The lowest BCUT2D eigenvalue weighted by Crippen LogP contribution is -2.20. The Kier molecular flexibility index (Phi) is 1.06. The van der Waals surface area contributed by atoms with Gasteiger partial charge in [-0.3, -0.25) is 0 Å². The highest BCUT2D eigenvalue weighted by atomic mass is 14.3. The molecule has 1 rings (SSSR count). The Morgan fingerprint density at radius 1 is 1.57 bits per heavy atom. The minimum Gasteiger partial charge on any atom is -0.120 e. The quantitative estimate of drug-likeness (QED) is 0.400. The summed E-state index contributed by atoms with van der Waals surface area (Å²) in [7, 11) is 0. The van der Waals surface area contributed by atoms with Gasteiger partial charge in [-0.05, 0) is 18.8 Å². The largest absolute Gasteiger partial charge is 0.120 e. The van der Waals surface area contributed by atoms with Gasteiger partial charge in [-0.1, -0.05) is 6.92 Å². The second-order valence-electron chi connectivity index (χ2n) is 2.33. The molecular weight excluding hydrogens is 84.1 g/mol. The third-order valence-electron chi connectivity index (χ3n) is 1.83. The Hall–Kier alpha value is -0.440. The van der Waals surface area contributed by atoms with Crippen molar-refractivity contribution >= 4 is 0 Å². The van der Waals surface area contributed by atoms with Crippen molar-refractivity contribution in [3.05, 3.63) is 0 Å². The zero-order valence-corrected chi connectivity index (χ0v) is 4.65. The number of hydrogen-bond donors (Lipinski definition) is 0. The van der Waals surface area contributed by atoms with E-state index >= 15 is 0 Å². The van der Waals surface area contributed by atoms with E-state index in [4.69, 9.17) is 6.42 Å². The highest BCUT2D eigenvalue weighted by Gasteiger charge is 2.23. The molecule has 1 saturated carbocycles. The molecule has 1 aliphatic carbocycles. The summed E-state index contributed by atoms with van der Waals surface area (Å²) in [6.45, 7) is 2.22. The zero-order chi connectivity index (χ0) is 5.28. The van der Waals surface area contributed by atoms with Gasteiger partial charge < -0.3 is 0 Å². The van der Waals surface area contributed by atoms with Crippen molar-refractivity contribution in [2.75, 3.05) is 0 Å². The molecular formula is C7H10. The summed E-state index contributed by atoms with van der Waals surface area (Å²) in [6, 6.07) is 0. The van der Waals surface area contributed by atoms with Crippen LogP contribution in [0.2, 0.25) is 0 Å². The molecule has 0 spiro atoms. The zero-order valence-electron chi connectivity index (χ0n) is 4.65. The normalized spacial score (nSPS) is 38.9. The van der Waals surface area contributed by atoms with Crippen LogP contribution < -0.4 is 0 Å². The van der Waals surface area contributed by atoms with Crippen LogP contribution in [0.1, 0.15) is 19.8 Å². The van der Waals surface area contributed by atoms with Crippen molar-refractivity contribution in [3.8, 4) is 12.3 Å². The second kappa shape index (κ2) is 1.58. The smallest absolute Gasteiger partial charge is 0.0225 e. The van der Waals surface area contributed by atoms with E-state index in [1.165, 1.54) is 12.8 Å². The van der Waals surface area contributed by atoms with Gasteiger partial charge >= 0.3 is 0 Å². The van der Waals surface area contributed by atoms with Crippen LogP contribution in [0, 0.1) is 24.2 Å². The summed E-state index contributed by atoms with van der Waals surface area (Å²) < 4.78 is 0. The predicted octanol–water partition coefficient (Wildman–Crippen LogP) is 1.67. The van der Waals surface area contributed by atoms with Crippen molar-refractivity contribution in [1.29, 1.82) is 0 Å². The molecule has 0 saturated heterocycles. The third kappa shape index (κ3) is 0.632. The fraction of sp³-hybridized carbons (Fsp3) is 0.714. The van der Waals surface area contributed by atoms with Gasteiger partial charge in [0, 0.05) is 5.92 Å². The van der Waals surface area contributed by atoms with E-state index in [0.717, 1.165) is 5.92 Å². The van der Waals surface area contributed by atoms with Crippen LogP contribution in [0.5, 0.6) is 0 Å². The predicted molar refractivity (Wildman–Crippen MR) is 30.7 cm³/mol. The van der Waals surface area contributed by atoms with Crippen LogP contribution in [0.15, 0.2) is 0 Å². The average molecular weight is 94.2 g/mol. The van der Waals surface area contributed by atoms with E-state index in [2.05, 4.69) is 12.8 Å². The van der Waals surface area contributed by atoms with Crippen LogP contribution >= 0.6 is 0 Å². The van der Waals surface area contributed by atoms with Gasteiger partial charge in [-0.25, -0.2) is 0 Å². The van der Waals surface area contributed by atoms with Crippen LogP contribution in [-0.2, 0) is 0 Å². The lowest BCUT2D eigenvalue weighted by atomic mass is 9.76. The molecule has 0 aromatic heterocycles. The number of hydrogen-bond acceptors (Lipinski definition) is 0. The second-order valence-corrected chi connectivity index (χ2v) is 2.33. The van der Waals surface area contributed by atoms with Gasteiger partial charge in [0.05, 0.1) is 0 Å². The van der Waals surface area contributed by atoms with Gasteiger partial charge in [0.25, 0.3) is 0 Å². The first-order valence-electron chi connectivity index (χ1n) is 2.80. The molecule has 0 nitrogen and oxygen atoms in total. The summed E-state index contributed by atoms with van der Waals surface area (Å²) >= 11 is 0. The van der Waals surface area contributed by atoms with Crippen LogP contribution in [0.25, 0.3) is 0 Å². The molecule has 0 bridgehead atoms. The summed E-state index contributed by atoms with van der Waals surface area (Å²) in [4.78, 5) is 0. The Balaban J connectivity index is 2.33. The molecule has 1 fully saturated rings. The van der Waals surface area contributed by atoms with Crippen molar-refractivity contribution in [3.63, 3.8) is 0 Å². The third-order valence-corrected chi connectivity index (χ3v) is 1.83. The maximum atomic E-state index is 5.17. The molecule has 38 valence electrons. The molecule has 1 aliphatic rings. The molecule has 0 heteroatoms. The Labute approximate surface area is 44.9 Å². The fourth-order valence-corrected chi connectivity index (χ4v) is 0.914. The first kappa shape index (κ1) is 4.71. The van der Waals surface area contributed by atoms with Gasteiger partial charge in [0.1, 0.15) is 0 Å². The van der Waals surface area contributed by atoms with E-state index in [0.29, 0.717) is 5.92 Å². The Bertz CT molecular complexity index is 97.1. The monoisotopic (exact) mass is 94.1 g/mol. The van der Waals surface area contributed by atoms with E-state index < -0.39 is 0 Å². The number of terminal acetylenes is 1. The molecule has 0 amide bonds. The first-order chi connectivity index (χ1) is 3.34. The van der Waals surface area contributed by atoms with E-state index in [-0.39, 0.29) is 0 Å². The summed E-state index contributed by atoms with van der Waals surface area (Å²) in [5.74, 6) is 4.17. The van der Waals surface area contributed by atoms with Crippen LogP contribution in [-0.4, -0.2) is 0 Å². The van der Waals surface area contributed by atoms with Crippen molar-refractivity contribution in [2.24, 2.45) is 11.8 Å². The van der Waals surface area contributed by atoms with Crippen molar-refractivity contribution in [1.82, 2.24) is 0 Å². The van der Waals surface area contributed by atoms with Gasteiger partial charge in [0.15, 0.2) is 0 Å². The minimum absolute atomic E-state index is 0.611. The SMILES string of the molecule is C#CC1CCC1C. The summed E-state index contributed by atoms with van der Waals surface area (Å²) in [5.41, 5.74) is 0. The number of rotatable bonds is 0. The lowest BCUT2D eigenvalue weighted by Gasteiger charge is -2.28. The van der Waals surface area contributed by atoms with Gasteiger partial charge in [0.2, 0.25) is 0 Å².